The zero-order valence-electron chi connectivity index (χ0n) is 11.9. The van der Waals surface area contributed by atoms with Crippen molar-refractivity contribution >= 4 is 17.3 Å². The van der Waals surface area contributed by atoms with Crippen LogP contribution >= 0.6 is 11.3 Å². The van der Waals surface area contributed by atoms with Crippen molar-refractivity contribution in [3.8, 4) is 11.1 Å². The van der Waals surface area contributed by atoms with Gasteiger partial charge in [-0.3, -0.25) is 4.57 Å². The van der Waals surface area contributed by atoms with Crippen LogP contribution in [0.4, 0.5) is 0 Å². The number of nitrogens with zero attached hydrogens (tertiary/aromatic N) is 3. The Kier molecular flexibility index (Phi) is 3.91. The molecule has 20 heavy (non-hydrogen) atoms. The van der Waals surface area contributed by atoms with Gasteiger partial charge in [0.25, 0.3) is 0 Å². The van der Waals surface area contributed by atoms with E-state index in [1.165, 1.54) is 11.3 Å². The Morgan fingerprint density at radius 3 is 2.80 bits per heavy atom. The van der Waals surface area contributed by atoms with Crippen molar-refractivity contribution in [2.45, 2.75) is 27.7 Å². The molecule has 0 fully saturated rings. The minimum Gasteiger partial charge on any atom is -0.461 e. The number of hydrogen-bond donors (Lipinski definition) is 0. The van der Waals surface area contributed by atoms with Gasteiger partial charge in [-0.15, -0.1) is 11.3 Å². The van der Waals surface area contributed by atoms with E-state index in [0.29, 0.717) is 29.4 Å². The molecule has 2 aromatic rings. The molecule has 0 aromatic carbocycles. The minimum atomic E-state index is -0.432. The van der Waals surface area contributed by atoms with E-state index < -0.39 is 5.97 Å². The minimum absolute atomic E-state index is 0.305. The van der Waals surface area contributed by atoms with Crippen molar-refractivity contribution < 1.29 is 9.53 Å². The fraction of sp³-hybridized carbons (Fsp3) is 0.357. The van der Waals surface area contributed by atoms with Gasteiger partial charge in [-0.1, -0.05) is 0 Å². The van der Waals surface area contributed by atoms with Crippen molar-refractivity contribution in [2.75, 3.05) is 6.61 Å². The Morgan fingerprint density at radius 2 is 2.20 bits per heavy atom. The molecule has 2 aromatic heterocycles. The highest BCUT2D eigenvalue weighted by atomic mass is 32.1. The van der Waals surface area contributed by atoms with Gasteiger partial charge in [0.1, 0.15) is 16.9 Å². The topological polar surface area (TPSA) is 67.9 Å². The van der Waals surface area contributed by atoms with E-state index in [1.54, 1.807) is 6.92 Å². The molecule has 6 heteroatoms. The molecule has 0 saturated heterocycles. The van der Waals surface area contributed by atoms with E-state index in [0.717, 1.165) is 9.88 Å². The number of carbonyl (C=O) groups excluding carboxylic acids is 1. The molecule has 0 amide bonds. The zero-order chi connectivity index (χ0) is 14.9. The summed E-state index contributed by atoms with van der Waals surface area (Å²) in [5.74, 6) is 0.238. The van der Waals surface area contributed by atoms with E-state index in [9.17, 15) is 10.1 Å². The average molecular weight is 289 g/mol. The summed E-state index contributed by atoms with van der Waals surface area (Å²) >= 11 is 1.51. The fourth-order valence-corrected chi connectivity index (χ4v) is 3.14. The number of esters is 1. The van der Waals surface area contributed by atoms with Gasteiger partial charge in [0.15, 0.2) is 5.69 Å². The average Bonchev–Trinajstić information content (AvgIpc) is 2.90. The van der Waals surface area contributed by atoms with E-state index in [1.807, 2.05) is 31.4 Å². The number of rotatable bonds is 3. The summed E-state index contributed by atoms with van der Waals surface area (Å²) in [5.41, 5.74) is 1.59. The van der Waals surface area contributed by atoms with E-state index in [4.69, 9.17) is 4.74 Å². The van der Waals surface area contributed by atoms with Crippen LogP contribution in [-0.2, 0) is 4.74 Å². The summed E-state index contributed by atoms with van der Waals surface area (Å²) in [4.78, 5) is 17.2. The molecule has 0 aliphatic rings. The first-order chi connectivity index (χ1) is 9.49. The van der Waals surface area contributed by atoms with E-state index >= 15 is 0 Å². The molecule has 104 valence electrons. The van der Waals surface area contributed by atoms with Crippen LogP contribution in [0.25, 0.3) is 5.00 Å². The van der Waals surface area contributed by atoms with Crippen LogP contribution in [0, 0.1) is 32.1 Å². The Hall–Kier alpha value is -2.13. The number of aromatic nitrogens is 2. The monoisotopic (exact) mass is 289 g/mol. The number of nitriles is 1. The van der Waals surface area contributed by atoms with Gasteiger partial charge in [0.2, 0.25) is 0 Å². The lowest BCUT2D eigenvalue weighted by atomic mass is 10.3. The van der Waals surface area contributed by atoms with Crippen LogP contribution in [0.2, 0.25) is 0 Å². The molecule has 2 heterocycles. The van der Waals surface area contributed by atoms with Crippen molar-refractivity contribution in [1.82, 2.24) is 9.55 Å². The van der Waals surface area contributed by atoms with Gasteiger partial charge in [-0.25, -0.2) is 9.78 Å². The molecule has 0 radical (unpaired) electrons. The van der Waals surface area contributed by atoms with Gasteiger partial charge in [-0.2, -0.15) is 5.26 Å². The largest absolute Gasteiger partial charge is 0.461 e. The lowest BCUT2D eigenvalue weighted by Crippen LogP contribution is -2.07. The first-order valence-corrected chi connectivity index (χ1v) is 7.05. The second-order valence-corrected chi connectivity index (χ2v) is 5.57. The number of hydrogen-bond acceptors (Lipinski definition) is 5. The third-order valence-electron chi connectivity index (χ3n) is 2.90. The van der Waals surface area contributed by atoms with Crippen molar-refractivity contribution in [3.63, 3.8) is 0 Å². The number of carbonyl (C=O) groups is 1. The molecular weight excluding hydrogens is 274 g/mol. The quantitative estimate of drug-likeness (QED) is 0.815. The summed E-state index contributed by atoms with van der Waals surface area (Å²) < 4.78 is 6.83. The predicted octanol–water partition coefficient (Wildman–Crippen LogP) is 2.91. The van der Waals surface area contributed by atoms with Crippen molar-refractivity contribution in [2.24, 2.45) is 0 Å². The Bertz CT molecular complexity index is 707. The number of thiophene rings is 1. The van der Waals surface area contributed by atoms with Gasteiger partial charge in [0, 0.05) is 4.88 Å². The zero-order valence-corrected chi connectivity index (χ0v) is 12.7. The van der Waals surface area contributed by atoms with Crippen LogP contribution in [0.3, 0.4) is 0 Å². The fourth-order valence-electron chi connectivity index (χ4n) is 2.08. The van der Waals surface area contributed by atoms with Crippen LogP contribution in [-0.4, -0.2) is 22.1 Å². The van der Waals surface area contributed by atoms with Crippen LogP contribution in [0.1, 0.15) is 39.4 Å². The first kappa shape index (κ1) is 14.3. The standard InChI is InChI=1S/C14H15N3O2S/c1-5-19-14(18)12-9(3)17(10(4)16-12)13-11(7-15)6-8(2)20-13/h6H,5H2,1-4H3. The Morgan fingerprint density at radius 1 is 1.50 bits per heavy atom. The van der Waals surface area contributed by atoms with Crippen LogP contribution < -0.4 is 0 Å². The maximum Gasteiger partial charge on any atom is 0.358 e. The predicted molar refractivity (Wildman–Crippen MR) is 76.3 cm³/mol. The smallest absolute Gasteiger partial charge is 0.358 e. The number of imidazole rings is 1. The molecule has 0 atom stereocenters. The van der Waals surface area contributed by atoms with Gasteiger partial charge in [-0.05, 0) is 33.8 Å². The first-order valence-electron chi connectivity index (χ1n) is 6.23. The summed E-state index contributed by atoms with van der Waals surface area (Å²) in [6.45, 7) is 7.64. The highest BCUT2D eigenvalue weighted by Gasteiger charge is 2.22. The number of ether oxygens (including phenoxy) is 1. The maximum absolute atomic E-state index is 11.9. The molecule has 0 saturated carbocycles. The lowest BCUT2D eigenvalue weighted by molar-refractivity contribution is 0.0519. The summed E-state index contributed by atoms with van der Waals surface area (Å²) in [6.07, 6.45) is 0. The third kappa shape index (κ3) is 2.32. The summed E-state index contributed by atoms with van der Waals surface area (Å²) in [5, 5.41) is 10.0. The van der Waals surface area contributed by atoms with Crippen LogP contribution in [0.5, 0.6) is 0 Å². The van der Waals surface area contributed by atoms with Crippen molar-refractivity contribution in [1.29, 1.82) is 5.26 Å². The molecular formula is C14H15N3O2S. The van der Waals surface area contributed by atoms with Crippen molar-refractivity contribution in [3.05, 3.63) is 33.7 Å². The Balaban J connectivity index is 2.59. The van der Waals surface area contributed by atoms with Gasteiger partial charge < -0.3 is 4.74 Å². The second-order valence-electron chi connectivity index (χ2n) is 4.34. The molecule has 5 nitrogen and oxygen atoms in total. The highest BCUT2D eigenvalue weighted by molar-refractivity contribution is 7.14. The Labute approximate surface area is 121 Å². The normalized spacial score (nSPS) is 10.3. The van der Waals surface area contributed by atoms with Gasteiger partial charge in [0.05, 0.1) is 17.9 Å². The number of aryl methyl sites for hydroxylation is 2. The molecule has 0 aliphatic heterocycles. The lowest BCUT2D eigenvalue weighted by Gasteiger charge is -2.05. The second kappa shape index (κ2) is 5.47. The molecule has 0 unspecified atom stereocenters. The third-order valence-corrected chi connectivity index (χ3v) is 3.94. The summed E-state index contributed by atoms with van der Waals surface area (Å²) in [6, 6.07) is 4.01. The molecule has 0 N–H and O–H groups in total. The molecule has 2 rings (SSSR count). The molecule has 0 spiro atoms. The SMILES string of the molecule is CCOC(=O)c1nc(C)n(-c2sc(C)cc2C#N)c1C. The molecule has 0 aliphatic carbocycles. The summed E-state index contributed by atoms with van der Waals surface area (Å²) in [7, 11) is 0. The molecule has 0 bridgehead atoms. The maximum atomic E-state index is 11.9. The van der Waals surface area contributed by atoms with Gasteiger partial charge >= 0.3 is 5.97 Å². The van der Waals surface area contributed by atoms with Crippen LogP contribution in [0.15, 0.2) is 6.07 Å². The van der Waals surface area contributed by atoms with E-state index in [-0.39, 0.29) is 0 Å². The highest BCUT2D eigenvalue weighted by Crippen LogP contribution is 2.29. The van der Waals surface area contributed by atoms with E-state index in [2.05, 4.69) is 11.1 Å².